The molecule has 0 bridgehead atoms. The minimum absolute atomic E-state index is 0.0101. The maximum atomic E-state index is 12.9. The number of thiophene rings is 1. The molecule has 0 saturated heterocycles. The summed E-state index contributed by atoms with van der Waals surface area (Å²) in [6, 6.07) is 9.93. The van der Waals surface area contributed by atoms with Crippen LogP contribution in [0, 0.1) is 11.8 Å². The van der Waals surface area contributed by atoms with Gasteiger partial charge in [0, 0.05) is 17.2 Å². The van der Waals surface area contributed by atoms with Crippen molar-refractivity contribution in [3.05, 3.63) is 52.0 Å². The van der Waals surface area contributed by atoms with E-state index in [2.05, 4.69) is 15.3 Å². The molecule has 1 fully saturated rings. The minimum atomic E-state index is -4.36. The predicted molar refractivity (Wildman–Crippen MR) is 107 cm³/mol. The molecule has 1 aliphatic carbocycles. The van der Waals surface area contributed by atoms with Crippen LogP contribution in [0.4, 0.5) is 13.2 Å². The molecule has 154 valence electrons. The van der Waals surface area contributed by atoms with Gasteiger partial charge in [-0.1, -0.05) is 26.0 Å². The second-order valence-corrected chi connectivity index (χ2v) is 9.05. The molecule has 1 aromatic carbocycles. The van der Waals surface area contributed by atoms with Gasteiger partial charge in [0.25, 0.3) is 0 Å². The van der Waals surface area contributed by atoms with E-state index in [0.717, 1.165) is 29.3 Å². The van der Waals surface area contributed by atoms with Crippen LogP contribution < -0.4 is 5.32 Å². The van der Waals surface area contributed by atoms with E-state index in [0.29, 0.717) is 22.6 Å². The number of carbonyl (C=O) groups excluding carboxylic acids is 1. The molecule has 3 atom stereocenters. The first-order chi connectivity index (χ1) is 13.7. The number of benzene rings is 1. The van der Waals surface area contributed by atoms with Crippen LogP contribution >= 0.6 is 11.3 Å². The zero-order chi connectivity index (χ0) is 20.8. The van der Waals surface area contributed by atoms with Crippen LogP contribution in [0.25, 0.3) is 11.0 Å². The lowest BCUT2D eigenvalue weighted by Crippen LogP contribution is -2.31. The first-order valence-corrected chi connectivity index (χ1v) is 10.4. The average molecular weight is 421 g/mol. The van der Waals surface area contributed by atoms with Crippen molar-refractivity contribution in [3.63, 3.8) is 0 Å². The third-order valence-corrected chi connectivity index (χ3v) is 6.54. The van der Waals surface area contributed by atoms with E-state index in [9.17, 15) is 18.0 Å². The van der Waals surface area contributed by atoms with Crippen LogP contribution in [0.5, 0.6) is 0 Å². The zero-order valence-electron chi connectivity index (χ0n) is 16.1. The lowest BCUT2D eigenvalue weighted by atomic mass is 10.0. The van der Waals surface area contributed by atoms with E-state index in [4.69, 9.17) is 0 Å². The largest absolute Gasteiger partial charge is 0.425 e. The average Bonchev–Trinajstić information content (AvgIpc) is 3.08. The Balaban J connectivity index is 1.38. The smallest absolute Gasteiger partial charge is 0.348 e. The molecule has 2 heterocycles. The molecule has 1 aliphatic rings. The topological polar surface area (TPSA) is 57.8 Å². The highest BCUT2D eigenvalue weighted by molar-refractivity contribution is 7.12. The summed E-state index contributed by atoms with van der Waals surface area (Å²) in [4.78, 5) is 20.4. The maximum absolute atomic E-state index is 12.9. The number of hydrogen-bond donors (Lipinski definition) is 2. The predicted octanol–water partition coefficient (Wildman–Crippen LogP) is 5.65. The molecule has 0 radical (unpaired) electrons. The lowest BCUT2D eigenvalue weighted by molar-refractivity contribution is -0.134. The SMILES string of the molecule is CC(C)[C@@H](NC(=O)C[C@@H]1C[C@@H]1c1nc2ccccc2[nH]1)c1ccc(C(F)(F)F)s1. The number of carbonyl (C=O) groups is 1. The van der Waals surface area contributed by atoms with Crippen LogP contribution in [0.2, 0.25) is 0 Å². The number of H-pyrrole nitrogens is 1. The molecule has 4 nitrogen and oxygen atoms in total. The second kappa shape index (κ2) is 7.48. The number of hydrogen-bond acceptors (Lipinski definition) is 3. The van der Waals surface area contributed by atoms with Gasteiger partial charge in [-0.25, -0.2) is 4.98 Å². The Kier molecular flexibility index (Phi) is 5.14. The molecule has 2 N–H and O–H groups in total. The van der Waals surface area contributed by atoms with Gasteiger partial charge >= 0.3 is 6.18 Å². The first-order valence-electron chi connectivity index (χ1n) is 9.63. The number of aromatic amines is 1. The highest BCUT2D eigenvalue weighted by atomic mass is 32.1. The molecule has 3 aromatic rings. The summed E-state index contributed by atoms with van der Waals surface area (Å²) in [6.07, 6.45) is -3.12. The van der Waals surface area contributed by atoms with Crippen molar-refractivity contribution in [1.82, 2.24) is 15.3 Å². The number of para-hydroxylation sites is 2. The Hall–Kier alpha value is -2.35. The number of rotatable bonds is 6. The Morgan fingerprint density at radius 1 is 1.28 bits per heavy atom. The molecule has 2 aromatic heterocycles. The van der Waals surface area contributed by atoms with Crippen LogP contribution in [0.15, 0.2) is 36.4 Å². The highest BCUT2D eigenvalue weighted by Crippen LogP contribution is 2.49. The molecule has 8 heteroatoms. The van der Waals surface area contributed by atoms with Gasteiger partial charge in [0.2, 0.25) is 5.91 Å². The third kappa shape index (κ3) is 4.32. The molecular weight excluding hydrogens is 399 g/mol. The number of amides is 1. The van der Waals surface area contributed by atoms with Crippen LogP contribution in [-0.4, -0.2) is 15.9 Å². The zero-order valence-corrected chi connectivity index (χ0v) is 16.9. The van der Waals surface area contributed by atoms with Gasteiger partial charge in [-0.05, 0) is 42.5 Å². The van der Waals surface area contributed by atoms with Gasteiger partial charge in [-0.2, -0.15) is 13.2 Å². The Bertz CT molecular complexity index is 991. The van der Waals surface area contributed by atoms with Crippen molar-refractivity contribution >= 4 is 28.3 Å². The normalized spacial score (nSPS) is 20.2. The second-order valence-electron chi connectivity index (χ2n) is 7.93. The van der Waals surface area contributed by atoms with Gasteiger partial charge in [-0.3, -0.25) is 4.79 Å². The van der Waals surface area contributed by atoms with Gasteiger partial charge < -0.3 is 10.3 Å². The van der Waals surface area contributed by atoms with Gasteiger partial charge in [-0.15, -0.1) is 11.3 Å². The van der Waals surface area contributed by atoms with E-state index in [1.54, 1.807) is 0 Å². The molecular formula is C21H22F3N3OS. The molecule has 0 unspecified atom stereocenters. The van der Waals surface area contributed by atoms with Gasteiger partial charge in [0.1, 0.15) is 10.7 Å². The molecule has 1 saturated carbocycles. The molecule has 1 amide bonds. The van der Waals surface area contributed by atoms with Crippen molar-refractivity contribution in [2.75, 3.05) is 0 Å². The van der Waals surface area contributed by atoms with Crippen molar-refractivity contribution in [2.45, 2.75) is 44.8 Å². The highest BCUT2D eigenvalue weighted by Gasteiger charge is 2.42. The van der Waals surface area contributed by atoms with Crippen molar-refractivity contribution < 1.29 is 18.0 Å². The quantitative estimate of drug-likeness (QED) is 0.540. The van der Waals surface area contributed by atoms with E-state index in [-0.39, 0.29) is 23.7 Å². The molecule has 4 rings (SSSR count). The Morgan fingerprint density at radius 2 is 2.03 bits per heavy atom. The van der Waals surface area contributed by atoms with E-state index < -0.39 is 17.1 Å². The standard InChI is InChI=1S/C21H22F3N3OS/c1-11(2)19(16-7-8-17(29-16)21(22,23)24)27-18(28)10-12-9-13(12)20-25-14-5-3-4-6-15(14)26-20/h3-8,11-13,19H,9-10H2,1-2H3,(H,25,26)(H,27,28)/t12-,13-,19+/m0/s1. The fraction of sp³-hybridized carbons (Fsp3) is 0.429. The van der Waals surface area contributed by atoms with Crippen molar-refractivity contribution in [1.29, 1.82) is 0 Å². The number of fused-ring (bicyclic) bond motifs is 1. The Labute approximate surface area is 170 Å². The number of imidazole rings is 1. The molecule has 0 aliphatic heterocycles. The lowest BCUT2D eigenvalue weighted by Gasteiger charge is -2.21. The van der Waals surface area contributed by atoms with Gasteiger partial charge in [0.05, 0.1) is 17.1 Å². The van der Waals surface area contributed by atoms with Crippen molar-refractivity contribution in [3.8, 4) is 0 Å². The summed E-state index contributed by atoms with van der Waals surface area (Å²) in [7, 11) is 0. The fourth-order valence-corrected chi connectivity index (χ4v) is 4.77. The van der Waals surface area contributed by atoms with E-state index in [1.165, 1.54) is 6.07 Å². The Morgan fingerprint density at radius 3 is 2.69 bits per heavy atom. The molecule has 0 spiro atoms. The summed E-state index contributed by atoms with van der Waals surface area (Å²) in [5, 5.41) is 2.94. The fourth-order valence-electron chi connectivity index (χ4n) is 3.67. The number of alkyl halides is 3. The summed E-state index contributed by atoms with van der Waals surface area (Å²) in [5.41, 5.74) is 1.89. The van der Waals surface area contributed by atoms with E-state index >= 15 is 0 Å². The third-order valence-electron chi connectivity index (χ3n) is 5.32. The van der Waals surface area contributed by atoms with Crippen LogP contribution in [-0.2, 0) is 11.0 Å². The number of halogens is 3. The van der Waals surface area contributed by atoms with Crippen LogP contribution in [0.3, 0.4) is 0 Å². The monoisotopic (exact) mass is 421 g/mol. The van der Waals surface area contributed by atoms with Crippen molar-refractivity contribution in [2.24, 2.45) is 11.8 Å². The minimum Gasteiger partial charge on any atom is -0.348 e. The summed E-state index contributed by atoms with van der Waals surface area (Å²) in [5.74, 6) is 1.19. The first kappa shape index (κ1) is 19.9. The van der Waals surface area contributed by atoms with Crippen LogP contribution in [0.1, 0.15) is 54.2 Å². The summed E-state index contributed by atoms with van der Waals surface area (Å²) < 4.78 is 38.7. The number of aromatic nitrogens is 2. The number of nitrogens with zero attached hydrogens (tertiary/aromatic N) is 1. The maximum Gasteiger partial charge on any atom is 0.425 e. The summed E-state index contributed by atoms with van der Waals surface area (Å²) >= 11 is 0.698. The number of nitrogens with one attached hydrogen (secondary N) is 2. The molecule has 29 heavy (non-hydrogen) atoms. The van der Waals surface area contributed by atoms with Gasteiger partial charge in [0.15, 0.2) is 0 Å². The summed E-state index contributed by atoms with van der Waals surface area (Å²) in [6.45, 7) is 3.79. The van der Waals surface area contributed by atoms with E-state index in [1.807, 2.05) is 38.1 Å².